The lowest BCUT2D eigenvalue weighted by Crippen LogP contribution is -2.49. The minimum Gasteiger partial charge on any atom is -0.617 e. The summed E-state index contributed by atoms with van der Waals surface area (Å²) in [7, 11) is 0. The molecule has 0 amide bonds. The second-order valence-electron chi connectivity index (χ2n) is 4.01. The molecule has 0 saturated carbocycles. The molecule has 1 aromatic rings. The molecule has 0 aliphatic carbocycles. The van der Waals surface area contributed by atoms with Crippen molar-refractivity contribution in [3.8, 4) is 6.07 Å². The van der Waals surface area contributed by atoms with E-state index in [1.807, 2.05) is 6.07 Å². The molecular weight excluding hydrogens is 238 g/mol. The number of aromatic amines is 1. The van der Waals surface area contributed by atoms with Gasteiger partial charge in [0.05, 0.1) is 17.5 Å². The maximum atomic E-state index is 11.0. The number of hydrogen-bond donors (Lipinski definition) is 4. The Morgan fingerprint density at radius 2 is 2.35 bits per heavy atom. The van der Waals surface area contributed by atoms with Crippen LogP contribution in [0.5, 0.6) is 0 Å². The molecule has 17 heavy (non-hydrogen) atoms. The minimum absolute atomic E-state index is 0.372. The van der Waals surface area contributed by atoms with E-state index in [-0.39, 0.29) is 0 Å². The highest BCUT2D eigenvalue weighted by Crippen LogP contribution is 2.24. The third-order valence-electron chi connectivity index (χ3n) is 2.43. The van der Waals surface area contributed by atoms with Crippen molar-refractivity contribution in [2.24, 2.45) is 5.73 Å². The Bertz CT molecular complexity index is 421. The van der Waals surface area contributed by atoms with E-state index in [4.69, 9.17) is 16.7 Å². The summed E-state index contributed by atoms with van der Waals surface area (Å²) in [4.78, 5) is 2.77. The molecule has 6 nitrogen and oxygen atoms in total. The van der Waals surface area contributed by atoms with Crippen molar-refractivity contribution in [1.29, 1.82) is 5.26 Å². The first-order valence-electron chi connectivity index (χ1n) is 5.10. The fraction of sp³-hybridized carbons (Fsp3) is 0.500. The Kier molecular flexibility index (Phi) is 4.42. The smallest absolute Gasteiger partial charge is 0.117 e. The second kappa shape index (κ2) is 5.42. The number of hydrogen-bond acceptors (Lipinski definition) is 5. The quantitative estimate of drug-likeness (QED) is 0.419. The standard InChI is InChI=1S/C10H17N5OS/c1-10(13,15-3-4-17(2)16)8-7(5-11)6-14-9(8)12/h6,14-15H,3-4,12-13H2,1-2H3. The molecule has 0 bridgehead atoms. The van der Waals surface area contributed by atoms with E-state index in [2.05, 4.69) is 10.3 Å². The first-order valence-corrected chi connectivity index (χ1v) is 6.82. The van der Waals surface area contributed by atoms with Crippen LogP contribution in [0.4, 0.5) is 5.82 Å². The van der Waals surface area contributed by atoms with E-state index < -0.39 is 16.8 Å². The summed E-state index contributed by atoms with van der Waals surface area (Å²) in [5, 5.41) is 12.0. The summed E-state index contributed by atoms with van der Waals surface area (Å²) in [5.41, 5.74) is 11.9. The lowest BCUT2D eigenvalue weighted by Gasteiger charge is -2.26. The summed E-state index contributed by atoms with van der Waals surface area (Å²) in [6, 6.07) is 2.03. The lowest BCUT2D eigenvalue weighted by molar-refractivity contribution is 0.393. The van der Waals surface area contributed by atoms with Crippen molar-refractivity contribution >= 4 is 17.0 Å². The molecule has 0 aliphatic heterocycles. The fourth-order valence-electron chi connectivity index (χ4n) is 1.63. The number of H-pyrrole nitrogens is 1. The van der Waals surface area contributed by atoms with Gasteiger partial charge in [-0.15, -0.1) is 0 Å². The van der Waals surface area contributed by atoms with Crippen LogP contribution < -0.4 is 16.8 Å². The molecule has 2 unspecified atom stereocenters. The number of nitriles is 1. The number of nitrogens with zero attached hydrogens (tertiary/aromatic N) is 1. The molecule has 94 valence electrons. The number of nitrogens with two attached hydrogens (primary N) is 2. The fourth-order valence-corrected chi connectivity index (χ4v) is 2.02. The normalized spacial score (nSPS) is 16.2. The Morgan fingerprint density at radius 1 is 1.71 bits per heavy atom. The van der Waals surface area contributed by atoms with Crippen LogP contribution in [0.2, 0.25) is 0 Å². The average molecular weight is 255 g/mol. The highest BCUT2D eigenvalue weighted by molar-refractivity contribution is 7.90. The molecule has 1 rings (SSSR count). The van der Waals surface area contributed by atoms with Gasteiger partial charge in [0.25, 0.3) is 0 Å². The topological polar surface area (TPSA) is 127 Å². The summed E-state index contributed by atoms with van der Waals surface area (Å²) < 4.78 is 11.0. The van der Waals surface area contributed by atoms with Crippen LogP contribution in [-0.4, -0.2) is 28.1 Å². The molecule has 6 N–H and O–H groups in total. The molecule has 0 saturated heterocycles. The van der Waals surface area contributed by atoms with E-state index in [1.54, 1.807) is 13.2 Å². The predicted octanol–water partition coefficient (Wildman–Crippen LogP) is -0.432. The van der Waals surface area contributed by atoms with Gasteiger partial charge in [-0.1, -0.05) is 11.2 Å². The zero-order valence-corrected chi connectivity index (χ0v) is 10.7. The van der Waals surface area contributed by atoms with Crippen molar-refractivity contribution in [3.63, 3.8) is 0 Å². The molecule has 2 atom stereocenters. The molecule has 0 spiro atoms. The summed E-state index contributed by atoms with van der Waals surface area (Å²) in [6.45, 7) is 2.22. The minimum atomic E-state index is -0.922. The predicted molar refractivity (Wildman–Crippen MR) is 68.4 cm³/mol. The Balaban J connectivity index is 2.82. The van der Waals surface area contributed by atoms with Crippen molar-refractivity contribution < 1.29 is 4.55 Å². The molecule has 1 aromatic heterocycles. The maximum Gasteiger partial charge on any atom is 0.117 e. The van der Waals surface area contributed by atoms with Crippen LogP contribution in [0.25, 0.3) is 0 Å². The van der Waals surface area contributed by atoms with Crippen molar-refractivity contribution in [2.75, 3.05) is 24.3 Å². The van der Waals surface area contributed by atoms with Crippen molar-refractivity contribution in [2.45, 2.75) is 12.6 Å². The lowest BCUT2D eigenvalue weighted by atomic mass is 10.0. The largest absolute Gasteiger partial charge is 0.617 e. The summed E-state index contributed by atoms with van der Waals surface area (Å²) >= 11 is -0.882. The van der Waals surface area contributed by atoms with Crippen LogP contribution in [0, 0.1) is 11.3 Å². The third kappa shape index (κ3) is 3.38. The van der Waals surface area contributed by atoms with Crippen LogP contribution in [0.3, 0.4) is 0 Å². The van der Waals surface area contributed by atoms with Gasteiger partial charge in [-0.3, -0.25) is 5.32 Å². The SMILES string of the molecule is C[S+]([O-])CCNC(C)(N)c1c(C#N)c[nH]c1N. The van der Waals surface area contributed by atoms with Gasteiger partial charge in [-0.2, -0.15) is 5.26 Å². The first-order chi connectivity index (χ1) is 7.88. The zero-order chi connectivity index (χ0) is 13.1. The van der Waals surface area contributed by atoms with E-state index >= 15 is 0 Å². The van der Waals surface area contributed by atoms with Gasteiger partial charge in [0.2, 0.25) is 0 Å². The second-order valence-corrected chi connectivity index (χ2v) is 5.56. The van der Waals surface area contributed by atoms with Gasteiger partial charge in [0, 0.05) is 18.3 Å². The third-order valence-corrected chi connectivity index (χ3v) is 3.21. The van der Waals surface area contributed by atoms with Crippen molar-refractivity contribution in [3.05, 3.63) is 17.3 Å². The summed E-state index contributed by atoms with van der Waals surface area (Å²) in [5.74, 6) is 0.871. The zero-order valence-electron chi connectivity index (χ0n) is 9.91. The van der Waals surface area contributed by atoms with Crippen LogP contribution in [0.1, 0.15) is 18.1 Å². The number of aromatic nitrogens is 1. The molecule has 0 aliphatic rings. The Morgan fingerprint density at radius 3 is 2.88 bits per heavy atom. The van der Waals surface area contributed by atoms with Gasteiger partial charge < -0.3 is 21.0 Å². The first kappa shape index (κ1) is 13.9. The van der Waals surface area contributed by atoms with Crippen LogP contribution >= 0.6 is 0 Å². The van der Waals surface area contributed by atoms with E-state index in [9.17, 15) is 4.55 Å². The van der Waals surface area contributed by atoms with Gasteiger partial charge in [-0.05, 0) is 6.92 Å². The van der Waals surface area contributed by atoms with Crippen molar-refractivity contribution in [1.82, 2.24) is 10.3 Å². The van der Waals surface area contributed by atoms with E-state index in [1.165, 1.54) is 6.20 Å². The molecular formula is C10H17N5OS. The molecule has 0 fully saturated rings. The average Bonchev–Trinajstić information content (AvgIpc) is 2.59. The number of nitrogens with one attached hydrogen (secondary N) is 2. The highest BCUT2D eigenvalue weighted by atomic mass is 32.2. The molecule has 7 heteroatoms. The molecule has 0 aromatic carbocycles. The van der Waals surface area contributed by atoms with E-state index in [0.717, 1.165) is 0 Å². The molecule has 0 radical (unpaired) electrons. The Labute approximate surface area is 104 Å². The van der Waals surface area contributed by atoms with Gasteiger partial charge >= 0.3 is 0 Å². The van der Waals surface area contributed by atoms with Crippen LogP contribution in [-0.2, 0) is 16.8 Å². The number of anilines is 1. The van der Waals surface area contributed by atoms with Gasteiger partial charge in [0.1, 0.15) is 17.6 Å². The Hall–Kier alpha value is -1.20. The van der Waals surface area contributed by atoms with Gasteiger partial charge in [0.15, 0.2) is 0 Å². The summed E-state index contributed by atoms with van der Waals surface area (Å²) in [6.07, 6.45) is 3.15. The number of rotatable bonds is 5. The van der Waals surface area contributed by atoms with Gasteiger partial charge in [-0.25, -0.2) is 0 Å². The maximum absolute atomic E-state index is 11.0. The number of nitrogen functional groups attached to an aromatic ring is 1. The van der Waals surface area contributed by atoms with Crippen LogP contribution in [0.15, 0.2) is 6.20 Å². The molecule has 1 heterocycles. The monoisotopic (exact) mass is 255 g/mol. The highest BCUT2D eigenvalue weighted by Gasteiger charge is 2.27. The van der Waals surface area contributed by atoms with E-state index in [0.29, 0.717) is 29.2 Å².